The van der Waals surface area contributed by atoms with Gasteiger partial charge in [-0.3, -0.25) is 19.5 Å². The summed E-state index contributed by atoms with van der Waals surface area (Å²) in [4.78, 5) is 33.3. The molecule has 0 unspecified atom stereocenters. The van der Waals surface area contributed by atoms with Crippen molar-refractivity contribution in [1.29, 1.82) is 0 Å². The van der Waals surface area contributed by atoms with Crippen LogP contribution in [0, 0.1) is 6.92 Å². The zero-order chi connectivity index (χ0) is 19.1. The Bertz CT molecular complexity index is 768. The highest BCUT2D eigenvalue weighted by Crippen LogP contribution is 2.12. The van der Waals surface area contributed by atoms with E-state index in [1.165, 1.54) is 5.56 Å². The number of ketones is 1. The van der Waals surface area contributed by atoms with Gasteiger partial charge in [0.1, 0.15) is 0 Å². The molecule has 27 heavy (non-hydrogen) atoms. The standard InChI is InChI=1S/C22H27N3O2/c1-18-7-6-12-23-20(18)17-24-13-15-25(16-14-24)22(27)11-5-10-21(26)19-8-3-2-4-9-19/h2-4,6-9,12H,5,10-11,13-17H2,1H3. The van der Waals surface area contributed by atoms with Crippen molar-refractivity contribution in [3.63, 3.8) is 0 Å². The fraction of sp³-hybridized carbons (Fsp3) is 0.409. The molecule has 142 valence electrons. The quantitative estimate of drug-likeness (QED) is 0.708. The number of piperazine rings is 1. The van der Waals surface area contributed by atoms with Crippen LogP contribution >= 0.6 is 0 Å². The number of rotatable bonds is 7. The van der Waals surface area contributed by atoms with Gasteiger partial charge in [-0.25, -0.2) is 0 Å². The molecule has 1 aromatic heterocycles. The summed E-state index contributed by atoms with van der Waals surface area (Å²) in [6, 6.07) is 13.3. The van der Waals surface area contributed by atoms with E-state index in [4.69, 9.17) is 0 Å². The molecule has 1 aliphatic heterocycles. The third kappa shape index (κ3) is 5.47. The normalized spacial score (nSPS) is 14.9. The van der Waals surface area contributed by atoms with Crippen LogP contribution < -0.4 is 0 Å². The fourth-order valence-corrected chi connectivity index (χ4v) is 3.38. The van der Waals surface area contributed by atoms with Gasteiger partial charge in [-0.1, -0.05) is 36.4 Å². The first-order valence-corrected chi connectivity index (χ1v) is 9.62. The van der Waals surface area contributed by atoms with Gasteiger partial charge < -0.3 is 4.90 Å². The maximum absolute atomic E-state index is 12.4. The van der Waals surface area contributed by atoms with Crippen LogP contribution in [0.4, 0.5) is 0 Å². The molecule has 0 radical (unpaired) electrons. The number of hydrogen-bond donors (Lipinski definition) is 0. The maximum atomic E-state index is 12.4. The third-order valence-electron chi connectivity index (χ3n) is 5.11. The van der Waals surface area contributed by atoms with Crippen LogP contribution in [-0.2, 0) is 11.3 Å². The topological polar surface area (TPSA) is 53.5 Å². The Morgan fingerprint density at radius 3 is 2.41 bits per heavy atom. The monoisotopic (exact) mass is 365 g/mol. The number of nitrogens with zero attached hydrogens (tertiary/aromatic N) is 3. The largest absolute Gasteiger partial charge is 0.340 e. The molecule has 1 aliphatic rings. The van der Waals surface area contributed by atoms with Crippen LogP contribution in [0.5, 0.6) is 0 Å². The van der Waals surface area contributed by atoms with Gasteiger partial charge in [0, 0.05) is 57.3 Å². The summed E-state index contributed by atoms with van der Waals surface area (Å²) in [7, 11) is 0. The van der Waals surface area contributed by atoms with E-state index in [1.54, 1.807) is 0 Å². The van der Waals surface area contributed by atoms with Gasteiger partial charge in [0.2, 0.25) is 5.91 Å². The molecule has 0 spiro atoms. The van der Waals surface area contributed by atoms with E-state index in [2.05, 4.69) is 22.9 Å². The molecular formula is C22H27N3O2. The van der Waals surface area contributed by atoms with Crippen molar-refractivity contribution in [3.8, 4) is 0 Å². The highest BCUT2D eigenvalue weighted by Gasteiger charge is 2.21. The summed E-state index contributed by atoms with van der Waals surface area (Å²) < 4.78 is 0. The molecule has 2 aromatic rings. The average Bonchev–Trinajstić information content (AvgIpc) is 2.71. The number of aryl methyl sites for hydroxylation is 1. The van der Waals surface area contributed by atoms with Crippen molar-refractivity contribution >= 4 is 11.7 Å². The molecule has 2 heterocycles. The lowest BCUT2D eigenvalue weighted by molar-refractivity contribution is -0.133. The molecule has 0 N–H and O–H groups in total. The SMILES string of the molecule is Cc1cccnc1CN1CCN(C(=O)CCCC(=O)c2ccccc2)CC1. The van der Waals surface area contributed by atoms with Crippen LogP contribution in [0.1, 0.15) is 40.9 Å². The summed E-state index contributed by atoms with van der Waals surface area (Å²) in [6.45, 7) is 6.14. The first kappa shape index (κ1) is 19.2. The van der Waals surface area contributed by atoms with Crippen LogP contribution in [-0.4, -0.2) is 52.7 Å². The van der Waals surface area contributed by atoms with E-state index >= 15 is 0 Å². The summed E-state index contributed by atoms with van der Waals surface area (Å²) >= 11 is 0. The number of pyridine rings is 1. The zero-order valence-electron chi connectivity index (χ0n) is 15.9. The van der Waals surface area contributed by atoms with E-state index in [0.717, 1.165) is 44.0 Å². The molecule has 1 amide bonds. The van der Waals surface area contributed by atoms with E-state index in [0.29, 0.717) is 19.3 Å². The molecule has 1 aromatic carbocycles. The number of carbonyl (C=O) groups excluding carboxylic acids is 2. The molecule has 1 saturated heterocycles. The molecule has 3 rings (SSSR count). The van der Waals surface area contributed by atoms with Crippen molar-refractivity contribution in [2.24, 2.45) is 0 Å². The summed E-state index contributed by atoms with van der Waals surface area (Å²) in [5.41, 5.74) is 3.04. The number of hydrogen-bond acceptors (Lipinski definition) is 4. The van der Waals surface area contributed by atoms with Crippen LogP contribution in [0.3, 0.4) is 0 Å². The first-order chi connectivity index (χ1) is 13.1. The van der Waals surface area contributed by atoms with E-state index in [1.807, 2.05) is 47.5 Å². The van der Waals surface area contributed by atoms with Crippen LogP contribution in [0.15, 0.2) is 48.7 Å². The summed E-state index contributed by atoms with van der Waals surface area (Å²) in [6.07, 6.45) is 3.31. The molecule has 5 heteroatoms. The van der Waals surface area contributed by atoms with Gasteiger partial charge in [0.25, 0.3) is 0 Å². The van der Waals surface area contributed by atoms with Gasteiger partial charge in [0.05, 0.1) is 5.69 Å². The smallest absolute Gasteiger partial charge is 0.222 e. The number of benzene rings is 1. The van der Waals surface area contributed by atoms with E-state index in [9.17, 15) is 9.59 Å². The van der Waals surface area contributed by atoms with Crippen LogP contribution in [0.25, 0.3) is 0 Å². The second-order valence-corrected chi connectivity index (χ2v) is 7.07. The zero-order valence-corrected chi connectivity index (χ0v) is 15.9. The Morgan fingerprint density at radius 1 is 0.963 bits per heavy atom. The second-order valence-electron chi connectivity index (χ2n) is 7.07. The highest BCUT2D eigenvalue weighted by molar-refractivity contribution is 5.96. The minimum Gasteiger partial charge on any atom is -0.340 e. The van der Waals surface area contributed by atoms with Crippen molar-refractivity contribution in [1.82, 2.24) is 14.8 Å². The summed E-state index contributed by atoms with van der Waals surface area (Å²) in [5, 5.41) is 0. The Kier molecular flexibility index (Phi) is 6.71. The van der Waals surface area contributed by atoms with Crippen molar-refractivity contribution < 1.29 is 9.59 Å². The van der Waals surface area contributed by atoms with Gasteiger partial charge in [-0.2, -0.15) is 0 Å². The number of aromatic nitrogens is 1. The number of carbonyl (C=O) groups is 2. The lowest BCUT2D eigenvalue weighted by Crippen LogP contribution is -2.48. The van der Waals surface area contributed by atoms with Gasteiger partial charge in [-0.05, 0) is 25.0 Å². The minimum absolute atomic E-state index is 0.110. The predicted molar refractivity (Wildman–Crippen MR) is 105 cm³/mol. The van der Waals surface area contributed by atoms with Gasteiger partial charge >= 0.3 is 0 Å². The maximum Gasteiger partial charge on any atom is 0.222 e. The highest BCUT2D eigenvalue weighted by atomic mass is 16.2. The molecule has 0 atom stereocenters. The lowest BCUT2D eigenvalue weighted by atomic mass is 10.1. The lowest BCUT2D eigenvalue weighted by Gasteiger charge is -2.34. The van der Waals surface area contributed by atoms with E-state index < -0.39 is 0 Å². The molecule has 0 bridgehead atoms. The number of amides is 1. The fourth-order valence-electron chi connectivity index (χ4n) is 3.38. The Hall–Kier alpha value is -2.53. The molecule has 1 fully saturated rings. The van der Waals surface area contributed by atoms with Gasteiger partial charge in [-0.15, -0.1) is 0 Å². The van der Waals surface area contributed by atoms with Gasteiger partial charge in [0.15, 0.2) is 5.78 Å². The average molecular weight is 365 g/mol. The Morgan fingerprint density at radius 2 is 1.70 bits per heavy atom. The number of Topliss-reactive ketones (excluding diaryl/α,β-unsaturated/α-hetero) is 1. The molecule has 0 saturated carbocycles. The van der Waals surface area contributed by atoms with E-state index in [-0.39, 0.29) is 11.7 Å². The van der Waals surface area contributed by atoms with Crippen molar-refractivity contribution in [3.05, 3.63) is 65.5 Å². The predicted octanol–water partition coefficient (Wildman–Crippen LogP) is 3.09. The summed E-state index contributed by atoms with van der Waals surface area (Å²) in [5.74, 6) is 0.267. The van der Waals surface area contributed by atoms with Crippen LogP contribution in [0.2, 0.25) is 0 Å². The molecule has 0 aliphatic carbocycles. The third-order valence-corrected chi connectivity index (χ3v) is 5.11. The molecular weight excluding hydrogens is 338 g/mol. The first-order valence-electron chi connectivity index (χ1n) is 9.62. The van der Waals surface area contributed by atoms with Crippen molar-refractivity contribution in [2.75, 3.05) is 26.2 Å². The van der Waals surface area contributed by atoms with Crippen molar-refractivity contribution in [2.45, 2.75) is 32.7 Å². The minimum atomic E-state index is 0.110. The molecule has 5 nitrogen and oxygen atoms in total. The Balaban J connectivity index is 1.38. The second kappa shape index (κ2) is 9.42. The Labute approximate surface area is 161 Å².